The Balaban J connectivity index is 1.44. The average Bonchev–Trinajstić information content (AvgIpc) is 3.19. The number of rotatable bonds is 4. The molecule has 1 amide bonds. The first kappa shape index (κ1) is 14.4. The van der Waals surface area contributed by atoms with Crippen LogP contribution in [0.15, 0.2) is 48.8 Å². The van der Waals surface area contributed by atoms with Gasteiger partial charge >= 0.3 is 0 Å². The molecule has 2 heterocycles. The molecule has 0 saturated carbocycles. The van der Waals surface area contributed by atoms with E-state index < -0.39 is 0 Å². The molecule has 120 valence electrons. The number of H-pyrrole nitrogens is 1. The predicted octanol–water partition coefficient (Wildman–Crippen LogP) is 2.42. The summed E-state index contributed by atoms with van der Waals surface area (Å²) < 4.78 is 2.07. The maximum Gasteiger partial charge on any atom is 0.251 e. The normalized spacial score (nSPS) is 11.2. The number of fused-ring (bicyclic) bond motifs is 2. The average molecular weight is 319 g/mol. The van der Waals surface area contributed by atoms with Crippen LogP contribution in [0.1, 0.15) is 16.2 Å². The van der Waals surface area contributed by atoms with Crippen molar-refractivity contribution in [2.24, 2.45) is 7.05 Å². The highest BCUT2D eigenvalue weighted by molar-refractivity contribution is 5.97. The van der Waals surface area contributed by atoms with Gasteiger partial charge in [-0.1, -0.05) is 12.1 Å². The van der Waals surface area contributed by atoms with Crippen molar-refractivity contribution < 1.29 is 4.79 Å². The fourth-order valence-electron chi connectivity index (χ4n) is 2.89. The summed E-state index contributed by atoms with van der Waals surface area (Å²) in [4.78, 5) is 24.1. The van der Waals surface area contributed by atoms with Crippen molar-refractivity contribution in [3.05, 3.63) is 60.2 Å². The van der Waals surface area contributed by atoms with Crippen LogP contribution in [0.25, 0.3) is 22.1 Å². The maximum atomic E-state index is 12.3. The molecule has 0 aliphatic carbocycles. The first-order chi connectivity index (χ1) is 11.7. The molecular weight excluding hydrogens is 302 g/mol. The lowest BCUT2D eigenvalue weighted by Crippen LogP contribution is -2.26. The number of nitrogens with zero attached hydrogens (tertiary/aromatic N) is 3. The lowest BCUT2D eigenvalue weighted by atomic mass is 10.2. The minimum Gasteiger partial charge on any atom is -0.352 e. The van der Waals surface area contributed by atoms with E-state index in [-0.39, 0.29) is 5.91 Å². The first-order valence-electron chi connectivity index (χ1n) is 7.84. The number of para-hydroxylation sites is 2. The van der Waals surface area contributed by atoms with Gasteiger partial charge in [-0.15, -0.1) is 0 Å². The van der Waals surface area contributed by atoms with E-state index in [0.29, 0.717) is 18.5 Å². The van der Waals surface area contributed by atoms with E-state index in [2.05, 4.69) is 24.8 Å². The number of carbonyl (C=O) groups excluding carboxylic acids is 1. The Morgan fingerprint density at radius 1 is 1.21 bits per heavy atom. The molecule has 2 aromatic carbocycles. The summed E-state index contributed by atoms with van der Waals surface area (Å²) in [6.45, 7) is 0.539. The number of hydrogen-bond donors (Lipinski definition) is 2. The van der Waals surface area contributed by atoms with Gasteiger partial charge in [0, 0.05) is 25.6 Å². The minimum absolute atomic E-state index is 0.0923. The molecule has 6 heteroatoms. The van der Waals surface area contributed by atoms with Gasteiger partial charge in [-0.05, 0) is 30.3 Å². The van der Waals surface area contributed by atoms with E-state index in [1.807, 2.05) is 43.4 Å². The van der Waals surface area contributed by atoms with Gasteiger partial charge in [-0.2, -0.15) is 0 Å². The summed E-state index contributed by atoms with van der Waals surface area (Å²) in [6, 6.07) is 13.5. The van der Waals surface area contributed by atoms with Gasteiger partial charge in [0.1, 0.15) is 5.82 Å². The van der Waals surface area contributed by atoms with Gasteiger partial charge in [0.15, 0.2) is 0 Å². The van der Waals surface area contributed by atoms with Crippen molar-refractivity contribution in [2.45, 2.75) is 6.42 Å². The van der Waals surface area contributed by atoms with Crippen LogP contribution < -0.4 is 5.32 Å². The molecule has 2 aromatic heterocycles. The molecule has 0 radical (unpaired) electrons. The zero-order chi connectivity index (χ0) is 16.5. The Morgan fingerprint density at radius 2 is 2.08 bits per heavy atom. The van der Waals surface area contributed by atoms with Gasteiger partial charge < -0.3 is 14.9 Å². The third-order valence-electron chi connectivity index (χ3n) is 4.20. The fourth-order valence-corrected chi connectivity index (χ4v) is 2.89. The predicted molar refractivity (Wildman–Crippen MR) is 92.8 cm³/mol. The molecule has 0 bridgehead atoms. The monoisotopic (exact) mass is 319 g/mol. The molecule has 6 nitrogen and oxygen atoms in total. The molecule has 2 N–H and O–H groups in total. The molecule has 0 unspecified atom stereocenters. The summed E-state index contributed by atoms with van der Waals surface area (Å²) in [7, 11) is 2.00. The van der Waals surface area contributed by atoms with Crippen molar-refractivity contribution in [3.63, 3.8) is 0 Å². The second kappa shape index (κ2) is 5.81. The van der Waals surface area contributed by atoms with E-state index in [1.165, 1.54) is 0 Å². The number of nitrogens with one attached hydrogen (secondary N) is 2. The van der Waals surface area contributed by atoms with E-state index in [9.17, 15) is 4.79 Å². The summed E-state index contributed by atoms with van der Waals surface area (Å²) in [5.74, 6) is 0.866. The van der Waals surface area contributed by atoms with Crippen LogP contribution in [0.2, 0.25) is 0 Å². The second-order valence-corrected chi connectivity index (χ2v) is 5.72. The topological polar surface area (TPSA) is 75.6 Å². The van der Waals surface area contributed by atoms with Gasteiger partial charge in [0.25, 0.3) is 5.91 Å². The molecule has 4 aromatic rings. The minimum atomic E-state index is -0.0923. The van der Waals surface area contributed by atoms with Gasteiger partial charge in [-0.3, -0.25) is 4.79 Å². The summed E-state index contributed by atoms with van der Waals surface area (Å²) >= 11 is 0. The van der Waals surface area contributed by atoms with Crippen molar-refractivity contribution in [1.29, 1.82) is 0 Å². The zero-order valence-corrected chi connectivity index (χ0v) is 13.3. The molecule has 4 rings (SSSR count). The molecule has 0 aliphatic heterocycles. The number of hydrogen-bond acceptors (Lipinski definition) is 3. The number of imidazole rings is 2. The van der Waals surface area contributed by atoms with Crippen LogP contribution in [0, 0.1) is 0 Å². The number of amides is 1. The lowest BCUT2D eigenvalue weighted by Gasteiger charge is -2.06. The highest BCUT2D eigenvalue weighted by Gasteiger charge is 2.09. The second-order valence-electron chi connectivity index (χ2n) is 5.72. The van der Waals surface area contributed by atoms with Crippen LogP contribution in [-0.4, -0.2) is 32.0 Å². The number of aromatic amines is 1. The highest BCUT2D eigenvalue weighted by Crippen LogP contribution is 2.14. The number of benzene rings is 2. The molecule has 0 spiro atoms. The van der Waals surface area contributed by atoms with Crippen molar-refractivity contribution in [2.75, 3.05) is 6.54 Å². The standard InChI is InChI=1S/C18H17N5O/c1-23-16-5-3-2-4-14(16)22-17(23)8-9-19-18(24)12-6-7-13-15(10-12)21-11-20-13/h2-7,10-11H,8-9H2,1H3,(H,19,24)(H,20,21). The van der Waals surface area contributed by atoms with Crippen LogP contribution in [0.5, 0.6) is 0 Å². The lowest BCUT2D eigenvalue weighted by molar-refractivity contribution is 0.0954. The van der Waals surface area contributed by atoms with Crippen molar-refractivity contribution in [3.8, 4) is 0 Å². The first-order valence-corrected chi connectivity index (χ1v) is 7.84. The van der Waals surface area contributed by atoms with Crippen LogP contribution in [0.3, 0.4) is 0 Å². The largest absolute Gasteiger partial charge is 0.352 e. The summed E-state index contributed by atoms with van der Waals surface area (Å²) in [5.41, 5.74) is 4.41. The quantitative estimate of drug-likeness (QED) is 0.606. The van der Waals surface area contributed by atoms with Crippen LogP contribution in [0.4, 0.5) is 0 Å². The number of carbonyl (C=O) groups is 1. The Labute approximate surface area is 138 Å². The summed E-state index contributed by atoms with van der Waals surface area (Å²) in [5, 5.41) is 2.95. The van der Waals surface area contributed by atoms with Gasteiger partial charge in [0.2, 0.25) is 0 Å². The third kappa shape index (κ3) is 2.52. The van der Waals surface area contributed by atoms with E-state index in [1.54, 1.807) is 12.4 Å². The Morgan fingerprint density at radius 3 is 2.96 bits per heavy atom. The van der Waals surface area contributed by atoms with Crippen LogP contribution >= 0.6 is 0 Å². The fraction of sp³-hybridized carbons (Fsp3) is 0.167. The Hall–Kier alpha value is -3.15. The molecular formula is C18H17N5O. The SMILES string of the molecule is Cn1c(CCNC(=O)c2ccc3nc[nH]c3c2)nc2ccccc21. The maximum absolute atomic E-state index is 12.3. The molecule has 0 aliphatic rings. The van der Waals surface area contributed by atoms with Crippen molar-refractivity contribution in [1.82, 2.24) is 24.8 Å². The Bertz CT molecular complexity index is 1030. The molecule has 0 saturated heterocycles. The highest BCUT2D eigenvalue weighted by atomic mass is 16.1. The summed E-state index contributed by atoms with van der Waals surface area (Å²) in [6.07, 6.45) is 2.31. The smallest absolute Gasteiger partial charge is 0.251 e. The van der Waals surface area contributed by atoms with E-state index >= 15 is 0 Å². The van der Waals surface area contributed by atoms with E-state index in [0.717, 1.165) is 27.9 Å². The Kier molecular flexibility index (Phi) is 3.49. The van der Waals surface area contributed by atoms with Crippen LogP contribution in [-0.2, 0) is 13.5 Å². The zero-order valence-electron chi connectivity index (χ0n) is 13.3. The third-order valence-corrected chi connectivity index (χ3v) is 4.20. The van der Waals surface area contributed by atoms with Gasteiger partial charge in [0.05, 0.1) is 28.4 Å². The molecule has 0 atom stereocenters. The van der Waals surface area contributed by atoms with Crippen molar-refractivity contribution >= 4 is 28.0 Å². The number of aryl methyl sites for hydroxylation is 1. The molecule has 24 heavy (non-hydrogen) atoms. The van der Waals surface area contributed by atoms with E-state index in [4.69, 9.17) is 0 Å². The number of aromatic nitrogens is 4. The van der Waals surface area contributed by atoms with Gasteiger partial charge in [-0.25, -0.2) is 9.97 Å². The molecule has 0 fully saturated rings.